The molecule has 2 aliphatic heterocycles. The molecule has 156 valence electrons. The Morgan fingerprint density at radius 2 is 2.03 bits per heavy atom. The molecule has 0 fully saturated rings. The third-order valence-electron chi connectivity index (χ3n) is 5.68. The Kier molecular flexibility index (Phi) is 5.22. The predicted octanol–water partition coefficient (Wildman–Crippen LogP) is 3.03. The quantitative estimate of drug-likeness (QED) is 0.790. The molecule has 0 spiro atoms. The van der Waals surface area contributed by atoms with Gasteiger partial charge in [0.05, 0.1) is 24.4 Å². The predicted molar refractivity (Wildman–Crippen MR) is 112 cm³/mol. The molecule has 2 aromatic rings. The molecule has 1 unspecified atom stereocenters. The van der Waals surface area contributed by atoms with E-state index in [1.165, 1.54) is 18.1 Å². The molecule has 0 bridgehead atoms. The summed E-state index contributed by atoms with van der Waals surface area (Å²) in [5, 5.41) is 11.3. The van der Waals surface area contributed by atoms with Crippen molar-refractivity contribution in [1.29, 1.82) is 0 Å². The standard InChI is InChI=1S/C23H24N2O5/c1-4-9-30-23(28)25-18-10-14(2)20(29-3)12-17(18)21(26)24-13-16-8-6-5-7-15(16)11-19(24)22(25)27/h4-8,10,12,19,22,27H,1,9,11,13H2,2-3H3/t19-,22?/m0/s1. The molecular formula is C23H24N2O5. The highest BCUT2D eigenvalue weighted by molar-refractivity contribution is 6.05. The van der Waals surface area contributed by atoms with Crippen LogP contribution in [0.5, 0.6) is 5.75 Å². The number of aliphatic hydroxyl groups excluding tert-OH is 1. The highest BCUT2D eigenvalue weighted by atomic mass is 16.6. The Labute approximate surface area is 175 Å². The van der Waals surface area contributed by atoms with Gasteiger partial charge in [0.25, 0.3) is 5.91 Å². The average Bonchev–Trinajstić information content (AvgIpc) is 2.83. The first kappa shape index (κ1) is 20.0. The lowest BCUT2D eigenvalue weighted by atomic mass is 9.93. The number of aliphatic hydroxyl groups is 1. The minimum Gasteiger partial charge on any atom is -0.496 e. The number of nitrogens with zero attached hydrogens (tertiary/aromatic N) is 2. The molecule has 0 aliphatic carbocycles. The van der Waals surface area contributed by atoms with Crippen molar-refractivity contribution in [3.05, 3.63) is 71.3 Å². The van der Waals surface area contributed by atoms with Crippen molar-refractivity contribution in [2.75, 3.05) is 18.6 Å². The number of methoxy groups -OCH3 is 1. The zero-order valence-electron chi connectivity index (χ0n) is 17.0. The Bertz CT molecular complexity index is 1020. The van der Waals surface area contributed by atoms with Crippen LogP contribution in [0.15, 0.2) is 49.1 Å². The van der Waals surface area contributed by atoms with Gasteiger partial charge in [-0.3, -0.25) is 4.79 Å². The summed E-state index contributed by atoms with van der Waals surface area (Å²) >= 11 is 0. The van der Waals surface area contributed by atoms with Gasteiger partial charge in [-0.25, -0.2) is 9.69 Å². The number of carbonyl (C=O) groups excluding carboxylic acids is 2. The second-order valence-corrected chi connectivity index (χ2v) is 7.46. The van der Waals surface area contributed by atoms with Crippen LogP contribution in [0.25, 0.3) is 0 Å². The van der Waals surface area contributed by atoms with E-state index in [-0.39, 0.29) is 18.1 Å². The van der Waals surface area contributed by atoms with Crippen molar-refractivity contribution in [2.24, 2.45) is 0 Å². The van der Waals surface area contributed by atoms with E-state index in [1.54, 1.807) is 17.0 Å². The molecule has 2 atom stereocenters. The van der Waals surface area contributed by atoms with E-state index >= 15 is 0 Å². The van der Waals surface area contributed by atoms with Gasteiger partial charge in [-0.1, -0.05) is 36.9 Å². The average molecular weight is 408 g/mol. The minimum absolute atomic E-state index is 0.00230. The zero-order chi connectivity index (χ0) is 21.4. The summed E-state index contributed by atoms with van der Waals surface area (Å²) in [6.45, 7) is 5.73. The van der Waals surface area contributed by atoms with Gasteiger partial charge < -0.3 is 19.5 Å². The van der Waals surface area contributed by atoms with Gasteiger partial charge in [-0.2, -0.15) is 0 Å². The smallest absolute Gasteiger partial charge is 0.416 e. The van der Waals surface area contributed by atoms with Crippen LogP contribution in [0.4, 0.5) is 10.5 Å². The Morgan fingerprint density at radius 3 is 2.73 bits per heavy atom. The van der Waals surface area contributed by atoms with Crippen LogP contribution in [-0.2, 0) is 17.7 Å². The summed E-state index contributed by atoms with van der Waals surface area (Å²) in [6, 6.07) is 10.5. The second kappa shape index (κ2) is 7.84. The van der Waals surface area contributed by atoms with E-state index in [0.717, 1.165) is 16.7 Å². The first-order chi connectivity index (χ1) is 14.5. The van der Waals surface area contributed by atoms with E-state index in [2.05, 4.69) is 6.58 Å². The molecule has 0 aromatic heterocycles. The zero-order valence-corrected chi connectivity index (χ0v) is 17.0. The number of benzene rings is 2. The second-order valence-electron chi connectivity index (χ2n) is 7.46. The van der Waals surface area contributed by atoms with Crippen LogP contribution in [0.3, 0.4) is 0 Å². The van der Waals surface area contributed by atoms with E-state index in [9.17, 15) is 14.7 Å². The number of hydrogen-bond donors (Lipinski definition) is 1. The Hall–Kier alpha value is -3.32. The van der Waals surface area contributed by atoms with Crippen molar-refractivity contribution in [3.63, 3.8) is 0 Å². The molecule has 1 N–H and O–H groups in total. The number of hydrogen-bond acceptors (Lipinski definition) is 5. The van der Waals surface area contributed by atoms with Gasteiger partial charge in [0.2, 0.25) is 0 Å². The van der Waals surface area contributed by atoms with Crippen LogP contribution < -0.4 is 9.64 Å². The summed E-state index contributed by atoms with van der Waals surface area (Å²) in [5.41, 5.74) is 3.40. The molecule has 2 aliphatic rings. The van der Waals surface area contributed by atoms with Gasteiger partial charge in [0.1, 0.15) is 12.4 Å². The fourth-order valence-electron chi connectivity index (χ4n) is 4.17. The summed E-state index contributed by atoms with van der Waals surface area (Å²) in [6.07, 6.45) is -0.120. The fraction of sp³-hybridized carbons (Fsp3) is 0.304. The van der Waals surface area contributed by atoms with E-state index in [0.29, 0.717) is 24.4 Å². The summed E-state index contributed by atoms with van der Waals surface area (Å²) in [7, 11) is 1.53. The van der Waals surface area contributed by atoms with Gasteiger partial charge in [-0.05, 0) is 42.2 Å². The number of anilines is 1. The summed E-state index contributed by atoms with van der Waals surface area (Å²) in [5.74, 6) is 0.271. The molecule has 0 saturated heterocycles. The first-order valence-electron chi connectivity index (χ1n) is 9.77. The lowest BCUT2D eigenvalue weighted by molar-refractivity contribution is 0.0299. The monoisotopic (exact) mass is 408 g/mol. The number of carbonyl (C=O) groups is 2. The maximum atomic E-state index is 13.6. The van der Waals surface area contributed by atoms with E-state index in [1.807, 2.05) is 31.2 Å². The van der Waals surface area contributed by atoms with Gasteiger partial charge in [0, 0.05) is 6.54 Å². The summed E-state index contributed by atoms with van der Waals surface area (Å²) in [4.78, 5) is 29.3. The topological polar surface area (TPSA) is 79.3 Å². The molecule has 0 radical (unpaired) electrons. The molecule has 2 amide bonds. The molecule has 0 saturated carbocycles. The van der Waals surface area contributed by atoms with Crippen LogP contribution in [0.1, 0.15) is 27.0 Å². The highest BCUT2D eigenvalue weighted by Crippen LogP contribution is 2.38. The molecule has 4 rings (SSSR count). The van der Waals surface area contributed by atoms with Crippen molar-refractivity contribution in [2.45, 2.75) is 32.2 Å². The van der Waals surface area contributed by atoms with E-state index in [4.69, 9.17) is 9.47 Å². The lowest BCUT2D eigenvalue weighted by Gasteiger charge is -2.39. The Morgan fingerprint density at radius 1 is 1.30 bits per heavy atom. The Balaban J connectivity index is 1.87. The van der Waals surface area contributed by atoms with Crippen LogP contribution in [0, 0.1) is 6.92 Å². The normalized spacial score (nSPS) is 19.9. The third-order valence-corrected chi connectivity index (χ3v) is 5.68. The van der Waals surface area contributed by atoms with Crippen molar-refractivity contribution in [3.8, 4) is 5.75 Å². The van der Waals surface area contributed by atoms with Gasteiger partial charge >= 0.3 is 6.09 Å². The number of fused-ring (bicyclic) bond motifs is 3. The number of aryl methyl sites for hydroxylation is 1. The maximum Gasteiger partial charge on any atom is 0.416 e. The molecule has 2 aromatic carbocycles. The molecule has 30 heavy (non-hydrogen) atoms. The molecule has 7 heteroatoms. The lowest BCUT2D eigenvalue weighted by Crippen LogP contribution is -2.55. The minimum atomic E-state index is -1.27. The highest BCUT2D eigenvalue weighted by Gasteiger charge is 2.45. The first-order valence-corrected chi connectivity index (χ1v) is 9.77. The third kappa shape index (κ3) is 3.21. The number of amides is 2. The molecular weight excluding hydrogens is 384 g/mol. The number of rotatable bonds is 3. The van der Waals surface area contributed by atoms with Crippen molar-refractivity contribution in [1.82, 2.24) is 4.90 Å². The SMILES string of the molecule is C=CCOC(=O)N1c2cc(C)c(OC)cc2C(=O)N2Cc3ccccc3C[C@H]2C1O. The number of ether oxygens (including phenoxy) is 2. The van der Waals surface area contributed by atoms with Crippen LogP contribution in [-0.4, -0.2) is 48.0 Å². The fourth-order valence-corrected chi connectivity index (χ4v) is 4.17. The molecule has 2 heterocycles. The van der Waals surface area contributed by atoms with Gasteiger partial charge in [-0.15, -0.1) is 0 Å². The van der Waals surface area contributed by atoms with Crippen LogP contribution in [0.2, 0.25) is 0 Å². The largest absolute Gasteiger partial charge is 0.496 e. The van der Waals surface area contributed by atoms with Crippen molar-refractivity contribution < 1.29 is 24.2 Å². The van der Waals surface area contributed by atoms with Crippen molar-refractivity contribution >= 4 is 17.7 Å². The molecule has 7 nitrogen and oxygen atoms in total. The summed E-state index contributed by atoms with van der Waals surface area (Å²) < 4.78 is 10.6. The van der Waals surface area contributed by atoms with E-state index < -0.39 is 18.4 Å². The maximum absolute atomic E-state index is 13.6. The van der Waals surface area contributed by atoms with Gasteiger partial charge in [0.15, 0.2) is 6.23 Å². The van der Waals surface area contributed by atoms with Crippen LogP contribution >= 0.6 is 0 Å².